The summed E-state index contributed by atoms with van der Waals surface area (Å²) in [7, 11) is 0. The van der Waals surface area contributed by atoms with Crippen LogP contribution in [0.25, 0.3) is 0 Å². The summed E-state index contributed by atoms with van der Waals surface area (Å²) in [6, 6.07) is 7.66. The van der Waals surface area contributed by atoms with Gasteiger partial charge in [0, 0.05) is 24.8 Å². The van der Waals surface area contributed by atoms with E-state index in [0.717, 1.165) is 0 Å². The van der Waals surface area contributed by atoms with Crippen LogP contribution in [0.1, 0.15) is 36.0 Å². The Bertz CT molecular complexity index is 1170. The van der Waals surface area contributed by atoms with E-state index in [1.54, 1.807) is 30.3 Å². The number of carbonyl (C=O) groups excluding carboxylic acids is 2. The average Bonchev–Trinajstić information content (AvgIpc) is 3.38. The van der Waals surface area contributed by atoms with Gasteiger partial charge in [-0.25, -0.2) is 0 Å². The van der Waals surface area contributed by atoms with Crippen LogP contribution in [-0.2, 0) is 20.9 Å². The number of hydrogen-bond donors (Lipinski definition) is 4. The molecule has 1 aromatic carbocycles. The van der Waals surface area contributed by atoms with E-state index in [1.165, 1.54) is 21.9 Å². The van der Waals surface area contributed by atoms with Crippen molar-refractivity contribution in [2.75, 3.05) is 11.9 Å². The number of halogens is 1. The van der Waals surface area contributed by atoms with Gasteiger partial charge in [-0.15, -0.1) is 0 Å². The molecule has 0 saturated carbocycles. The van der Waals surface area contributed by atoms with E-state index in [0.29, 0.717) is 23.0 Å². The minimum absolute atomic E-state index is 0. The Labute approximate surface area is 258 Å². The van der Waals surface area contributed by atoms with E-state index >= 15 is 0 Å². The van der Waals surface area contributed by atoms with Crippen LogP contribution >= 0.6 is 11.6 Å². The van der Waals surface area contributed by atoms with Crippen molar-refractivity contribution in [1.29, 1.82) is 0 Å². The molecular formula is C25H33CaClN4O7. The first-order chi connectivity index (χ1) is 17.5. The van der Waals surface area contributed by atoms with E-state index in [-0.39, 0.29) is 77.7 Å². The molecule has 204 valence electrons. The first kappa shape index (κ1) is 32.1. The predicted molar refractivity (Wildman–Crippen MR) is 143 cm³/mol. The Morgan fingerprint density at radius 3 is 2.55 bits per heavy atom. The molecule has 2 heterocycles. The Kier molecular flexibility index (Phi) is 12.5. The number of aliphatic hydroxyl groups is 2. The Hall–Kier alpha value is -2.15. The Balaban J connectivity index is 0.00000507. The number of anilines is 1. The zero-order valence-corrected chi connectivity index (χ0v) is 24.3. The number of aliphatic carboxylic acids is 1. The number of aromatic nitrogens is 2. The molecule has 38 heavy (non-hydrogen) atoms. The monoisotopic (exact) mass is 576 g/mol. The number of rotatable bonds is 13. The van der Waals surface area contributed by atoms with Crippen molar-refractivity contribution in [3.63, 3.8) is 0 Å². The summed E-state index contributed by atoms with van der Waals surface area (Å²) in [6.07, 6.45) is 0.480. The van der Waals surface area contributed by atoms with E-state index in [2.05, 4.69) is 10.4 Å². The number of aliphatic hydroxyl groups excluding tert-OH is 2. The summed E-state index contributed by atoms with van der Waals surface area (Å²) >= 11 is 6.15. The molecule has 0 spiro atoms. The third-order valence-electron chi connectivity index (χ3n) is 5.59. The van der Waals surface area contributed by atoms with Gasteiger partial charge in [-0.1, -0.05) is 37.6 Å². The summed E-state index contributed by atoms with van der Waals surface area (Å²) < 4.78 is 7.17. The third kappa shape index (κ3) is 9.55. The van der Waals surface area contributed by atoms with Crippen LogP contribution in [0, 0.1) is 5.92 Å². The van der Waals surface area contributed by atoms with Gasteiger partial charge in [0.15, 0.2) is 5.82 Å². The summed E-state index contributed by atoms with van der Waals surface area (Å²) in [6.45, 7) is 4.00. The number of nitrogens with one attached hydrogen (secondary N) is 1. The molecule has 3 rings (SSSR count). The van der Waals surface area contributed by atoms with Crippen molar-refractivity contribution < 1.29 is 37.3 Å². The smallest absolute Gasteiger partial charge is 1.00 e. The molecule has 0 saturated heterocycles. The van der Waals surface area contributed by atoms with Crippen molar-refractivity contribution in [1.82, 2.24) is 14.7 Å². The second-order valence-electron chi connectivity index (χ2n) is 9.31. The van der Waals surface area contributed by atoms with E-state index < -0.39 is 36.5 Å². The molecule has 13 heteroatoms. The third-order valence-corrected chi connectivity index (χ3v) is 5.90. The summed E-state index contributed by atoms with van der Waals surface area (Å²) in [5, 5.41) is 35.9. The number of carboxylic acid groups (broad SMARTS) is 1. The van der Waals surface area contributed by atoms with Gasteiger partial charge in [0.05, 0.1) is 36.7 Å². The molecule has 1 aliphatic rings. The number of amides is 2. The van der Waals surface area contributed by atoms with Crippen LogP contribution in [0.4, 0.5) is 5.82 Å². The molecule has 0 aliphatic carbocycles. The Morgan fingerprint density at radius 1 is 1.18 bits per heavy atom. The second kappa shape index (κ2) is 14.9. The summed E-state index contributed by atoms with van der Waals surface area (Å²) in [4.78, 5) is 38.1. The zero-order chi connectivity index (χ0) is 27.1. The van der Waals surface area contributed by atoms with Crippen LogP contribution in [0.5, 0.6) is 5.75 Å². The number of benzene rings is 1. The van der Waals surface area contributed by atoms with Gasteiger partial charge in [0.25, 0.3) is 5.91 Å². The fourth-order valence-electron chi connectivity index (χ4n) is 3.96. The minimum Gasteiger partial charge on any atom is -1.00 e. The van der Waals surface area contributed by atoms with E-state index in [1.807, 2.05) is 13.8 Å². The number of ether oxygens (including phenoxy) is 1. The molecule has 11 nitrogen and oxygen atoms in total. The summed E-state index contributed by atoms with van der Waals surface area (Å²) in [5.41, 5.74) is 0. The number of nitrogens with zero attached hydrogens (tertiary/aromatic N) is 3. The number of para-hydroxylation sites is 1. The van der Waals surface area contributed by atoms with Crippen LogP contribution < -0.4 is 10.1 Å². The molecule has 2 aromatic rings. The maximum atomic E-state index is 13.2. The van der Waals surface area contributed by atoms with Gasteiger partial charge in [-0.05, 0) is 24.5 Å². The molecule has 4 N–H and O–H groups in total. The fourth-order valence-corrected chi connectivity index (χ4v) is 4.13. The Morgan fingerprint density at radius 2 is 1.89 bits per heavy atom. The quantitative estimate of drug-likeness (QED) is 0.264. The molecule has 0 fully saturated rings. The van der Waals surface area contributed by atoms with Crippen molar-refractivity contribution in [2.24, 2.45) is 5.92 Å². The first-order valence-corrected chi connectivity index (χ1v) is 12.3. The second-order valence-corrected chi connectivity index (χ2v) is 9.72. The molecule has 1 aliphatic heterocycles. The minimum atomic E-state index is -1.18. The van der Waals surface area contributed by atoms with Crippen LogP contribution in [0.3, 0.4) is 0 Å². The van der Waals surface area contributed by atoms with E-state index in [4.69, 9.17) is 21.4 Å². The largest absolute Gasteiger partial charge is 2.00 e. The topological polar surface area (TPSA) is 154 Å². The van der Waals surface area contributed by atoms with Gasteiger partial charge in [0.2, 0.25) is 5.91 Å². The predicted octanol–water partition coefficient (Wildman–Crippen LogP) is 2.13. The van der Waals surface area contributed by atoms with Crippen molar-refractivity contribution in [2.45, 2.75) is 57.9 Å². The van der Waals surface area contributed by atoms with E-state index in [9.17, 15) is 24.6 Å². The standard InChI is InChI=1S/C25H31ClN4O7.Ca.2H/c1-15(2)9-20(30-14-18(12-23(30)33)37-21-6-4-3-5-19(21)26)25(36)27-22-7-8-29(28-22)13-17(32)10-16(31)11-24(34)35;;;/h3-8,12,15-17,20,31-32H,9-11,13-14H2,1-2H3,(H,34,35)(H,27,28,36);;;/q;+2;2*-1/t16-,17+,20+;;;/m1.../s1. The average molecular weight is 577 g/mol. The number of carbonyl (C=O) groups is 3. The number of hydrogen-bond acceptors (Lipinski definition) is 7. The fraction of sp³-hybridized carbons (Fsp3) is 0.440. The van der Waals surface area contributed by atoms with Crippen LogP contribution in [-0.4, -0.2) is 110 Å². The molecular weight excluding hydrogens is 544 g/mol. The maximum absolute atomic E-state index is 13.2. The van der Waals surface area contributed by atoms with Crippen LogP contribution in [0.15, 0.2) is 48.4 Å². The maximum Gasteiger partial charge on any atom is 2.00 e. The van der Waals surface area contributed by atoms with Crippen molar-refractivity contribution in [3.8, 4) is 5.75 Å². The summed E-state index contributed by atoms with van der Waals surface area (Å²) in [5.74, 6) is -0.796. The number of carboxylic acids is 1. The van der Waals surface area contributed by atoms with Crippen molar-refractivity contribution >= 4 is 72.9 Å². The van der Waals surface area contributed by atoms with Crippen LogP contribution in [0.2, 0.25) is 5.02 Å². The molecule has 3 atom stereocenters. The van der Waals surface area contributed by atoms with Gasteiger partial charge in [0.1, 0.15) is 17.6 Å². The molecule has 2 amide bonds. The molecule has 1 aromatic heterocycles. The molecule has 0 radical (unpaired) electrons. The zero-order valence-electron chi connectivity index (χ0n) is 23.3. The van der Waals surface area contributed by atoms with Gasteiger partial charge < -0.3 is 33.1 Å². The first-order valence-electron chi connectivity index (χ1n) is 11.9. The molecule has 0 bridgehead atoms. The van der Waals surface area contributed by atoms with Gasteiger partial charge >= 0.3 is 43.7 Å². The van der Waals surface area contributed by atoms with Crippen molar-refractivity contribution in [3.05, 3.63) is 53.4 Å². The normalized spacial score (nSPS) is 15.5. The SMILES string of the molecule is CC(C)C[C@@H](C(=O)Nc1ccn(C[C@@H](O)C[C@@H](O)CC(=O)O)n1)N1CC(Oc2ccccc2Cl)=CC1=O.[Ca+2].[H-].[H-]. The van der Waals surface area contributed by atoms with Gasteiger partial charge in [-0.3, -0.25) is 19.1 Å². The molecule has 0 unspecified atom stereocenters. The van der Waals surface area contributed by atoms with Gasteiger partial charge in [-0.2, -0.15) is 5.10 Å².